The van der Waals surface area contributed by atoms with Gasteiger partial charge in [-0.2, -0.15) is 5.10 Å². The number of nitrogens with zero attached hydrogens (tertiary/aromatic N) is 4. The van der Waals surface area contributed by atoms with Crippen LogP contribution in [0.1, 0.15) is 21.5 Å². The van der Waals surface area contributed by atoms with Crippen molar-refractivity contribution in [3.8, 4) is 11.6 Å². The van der Waals surface area contributed by atoms with Crippen molar-refractivity contribution in [1.82, 2.24) is 25.1 Å². The summed E-state index contributed by atoms with van der Waals surface area (Å²) in [5.74, 6) is 0.644. The third kappa shape index (κ3) is 4.65. The van der Waals surface area contributed by atoms with Crippen molar-refractivity contribution in [3.63, 3.8) is 0 Å². The third-order valence-corrected chi connectivity index (χ3v) is 4.33. The summed E-state index contributed by atoms with van der Waals surface area (Å²) in [7, 11) is 0. The van der Waals surface area contributed by atoms with E-state index < -0.39 is 0 Å². The molecule has 0 aliphatic rings. The monoisotopic (exact) mass is 385 g/mol. The molecule has 1 N–H and O–H groups in total. The van der Waals surface area contributed by atoms with Crippen LogP contribution < -0.4 is 10.1 Å². The SMILES string of the molecule is O=C(NCc1ccccc1Cn1cncn1)c1cccnc1Oc1ccccc1. The predicted octanol–water partition coefficient (Wildman–Crippen LogP) is 3.44. The smallest absolute Gasteiger partial charge is 0.257 e. The highest BCUT2D eigenvalue weighted by Crippen LogP contribution is 2.22. The zero-order valence-electron chi connectivity index (χ0n) is 15.6. The molecule has 0 unspecified atom stereocenters. The van der Waals surface area contributed by atoms with Gasteiger partial charge in [0, 0.05) is 12.7 Å². The number of hydrogen-bond acceptors (Lipinski definition) is 5. The average molecular weight is 385 g/mol. The maximum Gasteiger partial charge on any atom is 0.257 e. The number of aromatic nitrogens is 4. The minimum Gasteiger partial charge on any atom is -0.438 e. The topological polar surface area (TPSA) is 81.9 Å². The molecular weight excluding hydrogens is 366 g/mol. The lowest BCUT2D eigenvalue weighted by atomic mass is 10.1. The molecule has 0 radical (unpaired) electrons. The van der Waals surface area contributed by atoms with Gasteiger partial charge in [0.1, 0.15) is 24.0 Å². The number of rotatable bonds is 7. The summed E-state index contributed by atoms with van der Waals surface area (Å²) in [5, 5.41) is 7.10. The Morgan fingerprint density at radius 1 is 0.966 bits per heavy atom. The molecule has 4 rings (SSSR count). The number of para-hydroxylation sites is 1. The average Bonchev–Trinajstić information content (AvgIpc) is 3.27. The zero-order chi connectivity index (χ0) is 19.9. The van der Waals surface area contributed by atoms with Crippen LogP contribution in [0.3, 0.4) is 0 Å². The van der Waals surface area contributed by atoms with E-state index in [4.69, 9.17) is 4.74 Å². The van der Waals surface area contributed by atoms with E-state index in [-0.39, 0.29) is 11.8 Å². The van der Waals surface area contributed by atoms with Crippen molar-refractivity contribution < 1.29 is 9.53 Å². The first-order chi connectivity index (χ1) is 14.3. The Balaban J connectivity index is 1.47. The summed E-state index contributed by atoms with van der Waals surface area (Å²) in [4.78, 5) is 21.0. The molecule has 29 heavy (non-hydrogen) atoms. The lowest BCUT2D eigenvalue weighted by Gasteiger charge is -2.12. The second kappa shape index (κ2) is 8.79. The molecule has 4 aromatic rings. The maximum atomic E-state index is 12.8. The highest BCUT2D eigenvalue weighted by Gasteiger charge is 2.15. The number of nitrogens with one attached hydrogen (secondary N) is 1. The summed E-state index contributed by atoms with van der Waals surface area (Å²) >= 11 is 0. The number of carbonyl (C=O) groups excluding carboxylic acids is 1. The van der Waals surface area contributed by atoms with E-state index in [0.29, 0.717) is 24.4 Å². The van der Waals surface area contributed by atoms with E-state index >= 15 is 0 Å². The second-order valence-electron chi connectivity index (χ2n) is 6.32. The van der Waals surface area contributed by atoms with Gasteiger partial charge in [0.25, 0.3) is 5.91 Å². The number of hydrogen-bond donors (Lipinski definition) is 1. The number of pyridine rings is 1. The molecule has 0 aliphatic carbocycles. The quantitative estimate of drug-likeness (QED) is 0.527. The molecule has 2 aromatic carbocycles. The molecule has 2 heterocycles. The second-order valence-corrected chi connectivity index (χ2v) is 6.32. The standard InChI is InChI=1S/C22H19N5O2/c28-21(20-11-6-12-24-22(20)29-19-9-2-1-3-10-19)25-13-17-7-4-5-8-18(17)14-27-16-23-15-26-27/h1-12,15-16H,13-14H2,(H,25,28). The minimum absolute atomic E-state index is 0.250. The highest BCUT2D eigenvalue weighted by molar-refractivity contribution is 5.96. The summed E-state index contributed by atoms with van der Waals surface area (Å²) in [6.07, 6.45) is 4.77. The van der Waals surface area contributed by atoms with Crippen molar-refractivity contribution in [2.75, 3.05) is 0 Å². The lowest BCUT2D eigenvalue weighted by Crippen LogP contribution is -2.24. The fourth-order valence-electron chi connectivity index (χ4n) is 2.89. The summed E-state index contributed by atoms with van der Waals surface area (Å²) in [6.45, 7) is 0.963. The molecular formula is C22H19N5O2. The highest BCUT2D eigenvalue weighted by atomic mass is 16.5. The molecule has 0 fully saturated rings. The van der Waals surface area contributed by atoms with Crippen LogP contribution in [0.2, 0.25) is 0 Å². The van der Waals surface area contributed by atoms with Crippen molar-refractivity contribution in [3.05, 3.63) is 102 Å². The van der Waals surface area contributed by atoms with Gasteiger partial charge < -0.3 is 10.1 Å². The summed E-state index contributed by atoms with van der Waals surface area (Å²) in [6, 6.07) is 20.6. The van der Waals surface area contributed by atoms with Crippen LogP contribution in [0, 0.1) is 0 Å². The molecule has 7 nitrogen and oxygen atoms in total. The largest absolute Gasteiger partial charge is 0.438 e. The Morgan fingerprint density at radius 3 is 2.55 bits per heavy atom. The molecule has 7 heteroatoms. The summed E-state index contributed by atoms with van der Waals surface area (Å²) < 4.78 is 7.53. The first-order valence-electron chi connectivity index (χ1n) is 9.15. The molecule has 144 valence electrons. The maximum absolute atomic E-state index is 12.8. The minimum atomic E-state index is -0.250. The van der Waals surface area contributed by atoms with Crippen molar-refractivity contribution in [2.24, 2.45) is 0 Å². The van der Waals surface area contributed by atoms with Crippen LogP contribution in [-0.2, 0) is 13.1 Å². The van der Waals surface area contributed by atoms with Gasteiger partial charge in [0.05, 0.1) is 6.54 Å². The fourth-order valence-corrected chi connectivity index (χ4v) is 2.89. The number of carbonyl (C=O) groups is 1. The first-order valence-corrected chi connectivity index (χ1v) is 9.15. The third-order valence-electron chi connectivity index (χ3n) is 4.33. The number of benzene rings is 2. The van der Waals surface area contributed by atoms with Crippen LogP contribution in [0.5, 0.6) is 11.6 Å². The fraction of sp³-hybridized carbons (Fsp3) is 0.0909. The Hall–Kier alpha value is -4.00. The van der Waals surface area contributed by atoms with Crippen LogP contribution in [0.15, 0.2) is 85.6 Å². The van der Waals surface area contributed by atoms with Crippen molar-refractivity contribution in [1.29, 1.82) is 0 Å². The van der Waals surface area contributed by atoms with Crippen molar-refractivity contribution >= 4 is 5.91 Å². The van der Waals surface area contributed by atoms with Crippen LogP contribution >= 0.6 is 0 Å². The molecule has 0 atom stereocenters. The summed E-state index contributed by atoms with van der Waals surface area (Å²) in [5.41, 5.74) is 2.45. The van der Waals surface area contributed by atoms with E-state index in [1.807, 2.05) is 54.6 Å². The first kappa shape index (κ1) is 18.4. The molecule has 0 aliphatic heterocycles. The number of amides is 1. The van der Waals surface area contributed by atoms with Gasteiger partial charge in [-0.25, -0.2) is 14.6 Å². The molecule has 0 saturated heterocycles. The van der Waals surface area contributed by atoms with E-state index in [1.165, 1.54) is 6.33 Å². The Kier molecular flexibility index (Phi) is 5.57. The van der Waals surface area contributed by atoms with Gasteiger partial charge >= 0.3 is 0 Å². The molecule has 1 amide bonds. The predicted molar refractivity (Wildman–Crippen MR) is 107 cm³/mol. The molecule has 0 bridgehead atoms. The molecule has 0 saturated carbocycles. The normalized spacial score (nSPS) is 10.5. The van der Waals surface area contributed by atoms with Gasteiger partial charge in [-0.15, -0.1) is 0 Å². The van der Waals surface area contributed by atoms with Gasteiger partial charge in [-0.05, 0) is 35.4 Å². The Labute approximate surface area is 168 Å². The van der Waals surface area contributed by atoms with E-state index in [9.17, 15) is 4.79 Å². The molecule has 0 spiro atoms. The van der Waals surface area contributed by atoms with Gasteiger partial charge in [-0.3, -0.25) is 4.79 Å². The van der Waals surface area contributed by atoms with E-state index in [2.05, 4.69) is 20.4 Å². The van der Waals surface area contributed by atoms with E-state index in [0.717, 1.165) is 11.1 Å². The van der Waals surface area contributed by atoms with Crippen molar-refractivity contribution in [2.45, 2.75) is 13.1 Å². The zero-order valence-corrected chi connectivity index (χ0v) is 15.6. The van der Waals surface area contributed by atoms with Crippen LogP contribution in [0.4, 0.5) is 0 Å². The van der Waals surface area contributed by atoms with Crippen LogP contribution in [0.25, 0.3) is 0 Å². The number of ether oxygens (including phenoxy) is 1. The van der Waals surface area contributed by atoms with Gasteiger partial charge in [0.15, 0.2) is 0 Å². The van der Waals surface area contributed by atoms with Gasteiger partial charge in [-0.1, -0.05) is 42.5 Å². The van der Waals surface area contributed by atoms with Gasteiger partial charge in [0.2, 0.25) is 5.88 Å². The van der Waals surface area contributed by atoms with Crippen LogP contribution in [-0.4, -0.2) is 25.7 Å². The van der Waals surface area contributed by atoms with E-state index in [1.54, 1.807) is 29.3 Å². The molecule has 2 aromatic heterocycles. The Bertz CT molecular complexity index is 1080. The lowest BCUT2D eigenvalue weighted by molar-refractivity contribution is 0.0948. The Morgan fingerprint density at radius 2 is 1.76 bits per heavy atom.